The van der Waals surface area contributed by atoms with Gasteiger partial charge in [0, 0.05) is 23.5 Å². The zero-order valence-corrected chi connectivity index (χ0v) is 16.0. The molecular formula is C22H20N2O3S. The Kier molecular flexibility index (Phi) is 4.00. The summed E-state index contributed by atoms with van der Waals surface area (Å²) in [5.41, 5.74) is 3.73. The van der Waals surface area contributed by atoms with Crippen LogP contribution < -0.4 is 10.3 Å². The second-order valence-electron chi connectivity index (χ2n) is 7.43. The van der Waals surface area contributed by atoms with Crippen molar-refractivity contribution in [3.63, 3.8) is 0 Å². The highest BCUT2D eigenvalue weighted by atomic mass is 32.2. The Labute approximate surface area is 163 Å². The summed E-state index contributed by atoms with van der Waals surface area (Å²) in [6.07, 6.45) is 4.74. The van der Waals surface area contributed by atoms with Gasteiger partial charge in [-0.3, -0.25) is 4.79 Å². The zero-order chi connectivity index (χ0) is 19.3. The lowest BCUT2D eigenvalue weighted by molar-refractivity contribution is 0.558. The lowest BCUT2D eigenvalue weighted by Gasteiger charge is -2.26. The van der Waals surface area contributed by atoms with Crippen LogP contribution >= 0.6 is 0 Å². The van der Waals surface area contributed by atoms with Crippen LogP contribution in [-0.4, -0.2) is 25.2 Å². The third-order valence-corrected chi connectivity index (χ3v) is 7.59. The molecule has 5 rings (SSSR count). The normalized spacial score (nSPS) is 20.0. The molecule has 3 aromatic rings. The first-order valence-corrected chi connectivity index (χ1v) is 11.0. The molecule has 0 fully saturated rings. The number of hydrogen-bond donors (Lipinski definition) is 2. The molecular weight excluding hydrogens is 372 g/mol. The minimum absolute atomic E-state index is 0.122. The number of aromatic nitrogens is 1. The quantitative estimate of drug-likeness (QED) is 0.701. The third kappa shape index (κ3) is 2.72. The Hall–Kier alpha value is -2.70. The van der Waals surface area contributed by atoms with Crippen LogP contribution in [0.1, 0.15) is 28.3 Å². The van der Waals surface area contributed by atoms with Gasteiger partial charge in [-0.15, -0.1) is 0 Å². The molecule has 2 N–H and O–H groups in total. The summed E-state index contributed by atoms with van der Waals surface area (Å²) in [5.74, 6) is -0.175. The number of rotatable bonds is 5. The number of hydrogen-bond acceptors (Lipinski definition) is 3. The highest BCUT2D eigenvalue weighted by molar-refractivity contribution is 7.90. The average molecular weight is 392 g/mol. The largest absolute Gasteiger partial charge is 0.322 e. The van der Waals surface area contributed by atoms with Crippen LogP contribution in [0, 0.1) is 0 Å². The van der Waals surface area contributed by atoms with E-state index in [0.717, 1.165) is 27.8 Å². The Morgan fingerprint density at radius 2 is 1.89 bits per heavy atom. The van der Waals surface area contributed by atoms with Crippen molar-refractivity contribution >= 4 is 26.9 Å². The minimum atomic E-state index is -3.53. The van der Waals surface area contributed by atoms with Crippen molar-refractivity contribution in [3.05, 3.63) is 87.3 Å². The summed E-state index contributed by atoms with van der Waals surface area (Å²) in [6.45, 7) is 0.365. The van der Waals surface area contributed by atoms with E-state index in [2.05, 4.69) is 9.71 Å². The van der Waals surface area contributed by atoms with E-state index >= 15 is 0 Å². The molecule has 0 radical (unpaired) electrons. The molecule has 1 aromatic heterocycles. The van der Waals surface area contributed by atoms with Crippen molar-refractivity contribution in [2.75, 3.05) is 6.54 Å². The van der Waals surface area contributed by atoms with E-state index in [9.17, 15) is 13.2 Å². The molecule has 0 bridgehead atoms. The number of nitrogens with one attached hydrogen (secondary N) is 2. The van der Waals surface area contributed by atoms with Crippen LogP contribution in [0.2, 0.25) is 0 Å². The number of sulfonamides is 1. The minimum Gasteiger partial charge on any atom is -0.322 e. The molecule has 2 aliphatic carbocycles. The van der Waals surface area contributed by atoms with Gasteiger partial charge in [0.05, 0.1) is 0 Å². The Balaban J connectivity index is 1.45. The van der Waals surface area contributed by atoms with Crippen molar-refractivity contribution < 1.29 is 8.42 Å². The summed E-state index contributed by atoms with van der Waals surface area (Å²) in [4.78, 5) is 15.3. The molecule has 2 aromatic carbocycles. The van der Waals surface area contributed by atoms with Gasteiger partial charge in [-0.05, 0) is 47.1 Å². The molecule has 0 spiro atoms. The lowest BCUT2D eigenvalue weighted by atomic mass is 9.90. The average Bonchev–Trinajstić information content (AvgIpc) is 3.08. The van der Waals surface area contributed by atoms with E-state index in [1.54, 1.807) is 18.2 Å². The predicted octanol–water partition coefficient (Wildman–Crippen LogP) is 2.73. The maximum absolute atomic E-state index is 13.1. The number of pyridine rings is 1. The van der Waals surface area contributed by atoms with Gasteiger partial charge in [0.25, 0.3) is 5.56 Å². The van der Waals surface area contributed by atoms with Crippen molar-refractivity contribution in [3.8, 4) is 0 Å². The number of benzene rings is 2. The molecule has 2 atom stereocenters. The fourth-order valence-corrected chi connectivity index (χ4v) is 6.06. The van der Waals surface area contributed by atoms with Crippen LogP contribution in [0.5, 0.6) is 0 Å². The van der Waals surface area contributed by atoms with Crippen molar-refractivity contribution in [2.24, 2.45) is 0 Å². The molecule has 0 amide bonds. The van der Waals surface area contributed by atoms with Gasteiger partial charge in [-0.2, -0.15) is 0 Å². The lowest BCUT2D eigenvalue weighted by Crippen LogP contribution is -2.39. The number of H-pyrrole nitrogens is 1. The second kappa shape index (κ2) is 6.43. The maximum atomic E-state index is 13.1. The van der Waals surface area contributed by atoms with E-state index < -0.39 is 15.3 Å². The molecule has 6 heteroatoms. The topological polar surface area (TPSA) is 79.0 Å². The monoisotopic (exact) mass is 392 g/mol. The summed E-state index contributed by atoms with van der Waals surface area (Å²) in [7, 11) is -3.53. The fourth-order valence-electron chi connectivity index (χ4n) is 4.53. The Bertz CT molecular complexity index is 1260. The van der Waals surface area contributed by atoms with Gasteiger partial charge < -0.3 is 4.98 Å². The van der Waals surface area contributed by atoms with Crippen LogP contribution in [0.4, 0.5) is 0 Å². The fraction of sp³-hybridized carbons (Fsp3) is 0.227. The maximum Gasteiger partial charge on any atom is 0.256 e. The van der Waals surface area contributed by atoms with Crippen molar-refractivity contribution in [1.82, 2.24) is 9.71 Å². The van der Waals surface area contributed by atoms with Gasteiger partial charge >= 0.3 is 0 Å². The second-order valence-corrected chi connectivity index (χ2v) is 9.35. The summed E-state index contributed by atoms with van der Waals surface area (Å²) in [5, 5.41) is 0.930. The molecule has 28 heavy (non-hydrogen) atoms. The van der Waals surface area contributed by atoms with Gasteiger partial charge in [0.2, 0.25) is 10.0 Å². The Morgan fingerprint density at radius 3 is 2.71 bits per heavy atom. The zero-order valence-electron chi connectivity index (χ0n) is 15.2. The molecule has 5 nitrogen and oxygen atoms in total. The molecule has 0 saturated heterocycles. The van der Waals surface area contributed by atoms with Gasteiger partial charge in [0.1, 0.15) is 5.25 Å². The first kappa shape index (κ1) is 17.4. The van der Waals surface area contributed by atoms with Gasteiger partial charge in [0.15, 0.2) is 0 Å². The van der Waals surface area contributed by atoms with Crippen LogP contribution in [-0.2, 0) is 22.9 Å². The van der Waals surface area contributed by atoms with E-state index in [1.165, 1.54) is 0 Å². The standard InChI is InChI=1S/C22H20N2O3S/c25-22-16-8-4-7-15-13-17-19(10-9-18(24-22)21(17)20(15)16)28(26,27)23-12-11-14-5-2-1-3-6-14/h1-10,17,19,23H,11-13H2,(H,24,25). The SMILES string of the molecule is O=c1[nH]c2c3c4c(cccc14)CC3C(S(=O)(=O)NCCc1ccccc1)C=C2. The molecule has 2 unspecified atom stereocenters. The summed E-state index contributed by atoms with van der Waals surface area (Å²) in [6, 6.07) is 15.5. The first-order valence-electron chi connectivity index (χ1n) is 9.43. The van der Waals surface area contributed by atoms with Gasteiger partial charge in [-0.1, -0.05) is 48.5 Å². The Morgan fingerprint density at radius 1 is 1.07 bits per heavy atom. The van der Waals surface area contributed by atoms with Crippen LogP contribution in [0.3, 0.4) is 0 Å². The van der Waals surface area contributed by atoms with Crippen LogP contribution in [0.25, 0.3) is 16.8 Å². The third-order valence-electron chi connectivity index (χ3n) is 5.78. The molecule has 1 heterocycles. The van der Waals surface area contributed by atoms with E-state index in [-0.39, 0.29) is 11.5 Å². The van der Waals surface area contributed by atoms with E-state index in [4.69, 9.17) is 0 Å². The number of aromatic amines is 1. The molecule has 0 saturated carbocycles. The van der Waals surface area contributed by atoms with E-state index in [0.29, 0.717) is 24.8 Å². The van der Waals surface area contributed by atoms with Crippen LogP contribution in [0.15, 0.2) is 59.4 Å². The first-order chi connectivity index (χ1) is 13.5. The predicted molar refractivity (Wildman–Crippen MR) is 111 cm³/mol. The van der Waals surface area contributed by atoms with Gasteiger partial charge in [-0.25, -0.2) is 13.1 Å². The van der Waals surface area contributed by atoms with Crippen molar-refractivity contribution in [1.29, 1.82) is 0 Å². The summed E-state index contributed by atoms with van der Waals surface area (Å²) < 4.78 is 28.9. The summed E-state index contributed by atoms with van der Waals surface area (Å²) >= 11 is 0. The highest BCUT2D eigenvalue weighted by Gasteiger charge is 2.40. The smallest absolute Gasteiger partial charge is 0.256 e. The highest BCUT2D eigenvalue weighted by Crippen LogP contribution is 2.45. The van der Waals surface area contributed by atoms with Crippen molar-refractivity contribution in [2.45, 2.75) is 24.0 Å². The molecule has 142 valence electrons. The molecule has 0 aliphatic heterocycles. The van der Waals surface area contributed by atoms with E-state index in [1.807, 2.05) is 42.5 Å². The molecule has 2 aliphatic rings.